The molecule has 2 nitrogen and oxygen atoms in total. The fourth-order valence-electron chi connectivity index (χ4n) is 2.96. The zero-order valence-electron chi connectivity index (χ0n) is 12.2. The first-order chi connectivity index (χ1) is 9.15. The van der Waals surface area contributed by atoms with E-state index in [1.807, 2.05) is 0 Å². The first kappa shape index (κ1) is 14.9. The molecule has 2 unspecified atom stereocenters. The van der Waals surface area contributed by atoms with E-state index >= 15 is 0 Å². The van der Waals surface area contributed by atoms with Crippen molar-refractivity contribution >= 4 is 21.6 Å². The molecule has 3 heteroatoms. The van der Waals surface area contributed by atoms with Crippen molar-refractivity contribution in [1.82, 2.24) is 5.32 Å². The summed E-state index contributed by atoms with van der Waals surface area (Å²) in [5.74, 6) is 0.862. The topological polar surface area (TPSA) is 15.3 Å². The number of benzene rings is 1. The Labute approximate surface area is 125 Å². The van der Waals surface area contributed by atoms with E-state index in [9.17, 15) is 0 Å². The monoisotopic (exact) mass is 324 g/mol. The Balaban J connectivity index is 2.25. The van der Waals surface area contributed by atoms with Crippen LogP contribution < -0.4 is 10.2 Å². The van der Waals surface area contributed by atoms with Crippen LogP contribution in [-0.2, 0) is 0 Å². The molecule has 1 heterocycles. The van der Waals surface area contributed by atoms with Gasteiger partial charge in [0.25, 0.3) is 0 Å². The summed E-state index contributed by atoms with van der Waals surface area (Å²) in [4.78, 5) is 2.56. The minimum absolute atomic E-state index is 0.411. The molecule has 0 spiro atoms. The van der Waals surface area contributed by atoms with Gasteiger partial charge in [-0.1, -0.05) is 42.3 Å². The molecular weight excluding hydrogens is 300 g/mol. The Morgan fingerprint density at radius 1 is 1.42 bits per heavy atom. The number of hydrogen-bond acceptors (Lipinski definition) is 2. The van der Waals surface area contributed by atoms with Gasteiger partial charge < -0.3 is 10.2 Å². The van der Waals surface area contributed by atoms with E-state index in [0.717, 1.165) is 12.5 Å². The maximum Gasteiger partial charge on any atom is 0.0426 e. The van der Waals surface area contributed by atoms with E-state index in [1.165, 1.54) is 41.7 Å². The van der Waals surface area contributed by atoms with E-state index in [-0.39, 0.29) is 0 Å². The van der Waals surface area contributed by atoms with Crippen LogP contribution in [0.25, 0.3) is 0 Å². The van der Waals surface area contributed by atoms with Crippen LogP contribution in [0.3, 0.4) is 0 Å². The van der Waals surface area contributed by atoms with Crippen molar-refractivity contribution in [3.05, 3.63) is 28.2 Å². The molecular formula is C16H25BrN2. The van der Waals surface area contributed by atoms with Crippen LogP contribution in [0.1, 0.15) is 45.2 Å². The van der Waals surface area contributed by atoms with Gasteiger partial charge in [0.1, 0.15) is 0 Å². The number of nitrogens with zero attached hydrogens (tertiary/aromatic N) is 1. The summed E-state index contributed by atoms with van der Waals surface area (Å²) >= 11 is 3.62. The molecule has 2 rings (SSSR count). The van der Waals surface area contributed by atoms with Crippen molar-refractivity contribution in [3.8, 4) is 0 Å². The maximum absolute atomic E-state index is 3.62. The van der Waals surface area contributed by atoms with Crippen LogP contribution >= 0.6 is 15.9 Å². The largest absolute Gasteiger partial charge is 0.371 e. The van der Waals surface area contributed by atoms with Crippen LogP contribution in [0.15, 0.2) is 22.7 Å². The lowest BCUT2D eigenvalue weighted by Gasteiger charge is -2.25. The molecule has 19 heavy (non-hydrogen) atoms. The third-order valence-electron chi connectivity index (χ3n) is 4.17. The fourth-order valence-corrected chi connectivity index (χ4v) is 3.31. The molecule has 0 aliphatic carbocycles. The van der Waals surface area contributed by atoms with Gasteiger partial charge in [-0.3, -0.25) is 0 Å². The standard InChI is InChI=1S/C16H25BrN2/c1-4-13-8-9-19(11-13)16-10-14(17)6-7-15(16)12(3)18-5-2/h6-7,10,12-13,18H,4-5,8-9,11H2,1-3H3. The Morgan fingerprint density at radius 3 is 2.84 bits per heavy atom. The molecule has 0 bridgehead atoms. The van der Waals surface area contributed by atoms with Gasteiger partial charge in [-0.2, -0.15) is 0 Å². The van der Waals surface area contributed by atoms with Gasteiger partial charge in [0.15, 0.2) is 0 Å². The molecule has 1 N–H and O–H groups in total. The SMILES string of the molecule is CCNC(C)c1ccc(Br)cc1N1CCC(CC)C1. The minimum atomic E-state index is 0.411. The molecule has 0 amide bonds. The highest BCUT2D eigenvalue weighted by molar-refractivity contribution is 9.10. The van der Waals surface area contributed by atoms with Crippen molar-refractivity contribution in [3.63, 3.8) is 0 Å². The summed E-state index contributed by atoms with van der Waals surface area (Å²) in [6.45, 7) is 10.1. The Hall–Kier alpha value is -0.540. The van der Waals surface area contributed by atoms with Gasteiger partial charge in [-0.25, -0.2) is 0 Å². The molecule has 0 saturated carbocycles. The van der Waals surface area contributed by atoms with Crippen LogP contribution in [0.5, 0.6) is 0 Å². The molecule has 1 aliphatic rings. The average molecular weight is 325 g/mol. The van der Waals surface area contributed by atoms with Gasteiger partial charge in [0, 0.05) is 29.3 Å². The van der Waals surface area contributed by atoms with Crippen molar-refractivity contribution in [2.45, 2.75) is 39.7 Å². The predicted octanol–water partition coefficient (Wildman–Crippen LogP) is 4.36. The summed E-state index contributed by atoms with van der Waals surface area (Å²) in [6, 6.07) is 7.10. The lowest BCUT2D eigenvalue weighted by molar-refractivity contribution is 0.567. The highest BCUT2D eigenvalue weighted by atomic mass is 79.9. The number of hydrogen-bond donors (Lipinski definition) is 1. The van der Waals surface area contributed by atoms with E-state index in [4.69, 9.17) is 0 Å². The third-order valence-corrected chi connectivity index (χ3v) is 4.67. The number of rotatable bonds is 5. The van der Waals surface area contributed by atoms with Crippen LogP contribution in [0.2, 0.25) is 0 Å². The first-order valence-electron chi connectivity index (χ1n) is 7.43. The minimum Gasteiger partial charge on any atom is -0.371 e. The normalized spacial score (nSPS) is 20.8. The predicted molar refractivity (Wildman–Crippen MR) is 86.8 cm³/mol. The van der Waals surface area contributed by atoms with Gasteiger partial charge >= 0.3 is 0 Å². The molecule has 1 aliphatic heterocycles. The Bertz CT molecular complexity index is 419. The lowest BCUT2D eigenvalue weighted by atomic mass is 10.0. The van der Waals surface area contributed by atoms with Crippen LogP contribution in [0.4, 0.5) is 5.69 Å². The second-order valence-corrected chi connectivity index (χ2v) is 6.41. The quantitative estimate of drug-likeness (QED) is 0.865. The third kappa shape index (κ3) is 3.51. The van der Waals surface area contributed by atoms with Gasteiger partial charge in [-0.15, -0.1) is 0 Å². The summed E-state index contributed by atoms with van der Waals surface area (Å²) in [7, 11) is 0. The Morgan fingerprint density at radius 2 is 2.21 bits per heavy atom. The lowest BCUT2D eigenvalue weighted by Crippen LogP contribution is -2.25. The van der Waals surface area contributed by atoms with Crippen molar-refractivity contribution in [1.29, 1.82) is 0 Å². The van der Waals surface area contributed by atoms with E-state index < -0.39 is 0 Å². The maximum atomic E-state index is 3.62. The van der Waals surface area contributed by atoms with Crippen LogP contribution in [-0.4, -0.2) is 19.6 Å². The highest BCUT2D eigenvalue weighted by Crippen LogP contribution is 2.33. The zero-order chi connectivity index (χ0) is 13.8. The van der Waals surface area contributed by atoms with Gasteiger partial charge in [0.05, 0.1) is 0 Å². The highest BCUT2D eigenvalue weighted by Gasteiger charge is 2.24. The molecule has 1 saturated heterocycles. The smallest absolute Gasteiger partial charge is 0.0426 e. The molecule has 1 fully saturated rings. The zero-order valence-corrected chi connectivity index (χ0v) is 13.8. The van der Waals surface area contributed by atoms with Crippen LogP contribution in [0, 0.1) is 5.92 Å². The van der Waals surface area contributed by atoms with Gasteiger partial charge in [-0.05, 0) is 43.5 Å². The van der Waals surface area contributed by atoms with Crippen molar-refractivity contribution in [2.75, 3.05) is 24.5 Å². The molecule has 106 valence electrons. The van der Waals surface area contributed by atoms with E-state index in [1.54, 1.807) is 0 Å². The molecule has 2 atom stereocenters. The Kier molecular flexibility index (Phi) is 5.28. The van der Waals surface area contributed by atoms with E-state index in [0.29, 0.717) is 6.04 Å². The number of halogens is 1. The van der Waals surface area contributed by atoms with Crippen molar-refractivity contribution in [2.24, 2.45) is 5.92 Å². The second kappa shape index (κ2) is 6.76. The molecule has 1 aromatic carbocycles. The molecule has 1 aromatic rings. The molecule has 0 aromatic heterocycles. The summed E-state index contributed by atoms with van der Waals surface area (Å²) in [6.07, 6.45) is 2.63. The van der Waals surface area contributed by atoms with Gasteiger partial charge in [0.2, 0.25) is 0 Å². The number of nitrogens with one attached hydrogen (secondary N) is 1. The summed E-state index contributed by atoms with van der Waals surface area (Å²) in [5.41, 5.74) is 2.82. The average Bonchev–Trinajstić information content (AvgIpc) is 2.87. The summed E-state index contributed by atoms with van der Waals surface area (Å²) in [5, 5.41) is 3.53. The van der Waals surface area contributed by atoms with E-state index in [2.05, 4.69) is 65.1 Å². The number of anilines is 1. The second-order valence-electron chi connectivity index (χ2n) is 5.49. The summed E-state index contributed by atoms with van der Waals surface area (Å²) < 4.78 is 1.18. The molecule has 0 radical (unpaired) electrons. The first-order valence-corrected chi connectivity index (χ1v) is 8.22. The van der Waals surface area contributed by atoms with Crippen molar-refractivity contribution < 1.29 is 0 Å². The fraction of sp³-hybridized carbons (Fsp3) is 0.625.